The number of hydrogen-bond donors (Lipinski definition) is 1. The molecule has 19 heavy (non-hydrogen) atoms. The van der Waals surface area contributed by atoms with Crippen LogP contribution in [0.25, 0.3) is 0 Å². The number of urea groups is 1. The Morgan fingerprint density at radius 2 is 1.74 bits per heavy atom. The summed E-state index contributed by atoms with van der Waals surface area (Å²) in [5.41, 5.74) is -0.487. The summed E-state index contributed by atoms with van der Waals surface area (Å²) < 4.78 is 0. The molecule has 5 heteroatoms. The molecule has 0 atom stereocenters. The fourth-order valence-electron chi connectivity index (χ4n) is 2.59. The third kappa shape index (κ3) is 4.73. The van der Waals surface area contributed by atoms with E-state index in [0.717, 1.165) is 6.54 Å². The largest absolute Gasteiger partial charge is 0.480 e. The summed E-state index contributed by atoms with van der Waals surface area (Å²) in [6, 6.07) is -0.193. The van der Waals surface area contributed by atoms with Crippen LogP contribution < -0.4 is 0 Å². The van der Waals surface area contributed by atoms with E-state index in [9.17, 15) is 9.59 Å². The lowest BCUT2D eigenvalue weighted by Crippen LogP contribution is -2.53. The van der Waals surface area contributed by atoms with Crippen molar-refractivity contribution in [3.05, 3.63) is 0 Å². The van der Waals surface area contributed by atoms with Crippen molar-refractivity contribution >= 4 is 12.0 Å². The Kier molecular flexibility index (Phi) is 5.20. The summed E-state index contributed by atoms with van der Waals surface area (Å²) in [5.74, 6) is -0.405. The average molecular weight is 270 g/mol. The Balaban J connectivity index is 2.66. The minimum absolute atomic E-state index is 0.193. The molecule has 1 rings (SSSR count). The van der Waals surface area contributed by atoms with Gasteiger partial charge in [0.15, 0.2) is 0 Å². The van der Waals surface area contributed by atoms with Gasteiger partial charge in [0.1, 0.15) is 6.54 Å². The second-order valence-corrected chi connectivity index (χ2v) is 6.46. The molecular weight excluding hydrogens is 244 g/mol. The average Bonchev–Trinajstić information content (AvgIpc) is 2.75. The molecule has 1 fully saturated rings. The first kappa shape index (κ1) is 15.8. The highest BCUT2D eigenvalue weighted by Gasteiger charge is 2.31. The van der Waals surface area contributed by atoms with Crippen LogP contribution in [-0.4, -0.2) is 52.6 Å². The summed E-state index contributed by atoms with van der Waals surface area (Å²) in [6.07, 6.45) is 4.83. The maximum atomic E-state index is 12.4. The Labute approximate surface area is 115 Å². The first-order chi connectivity index (χ1) is 8.71. The van der Waals surface area contributed by atoms with Crippen LogP contribution >= 0.6 is 0 Å². The van der Waals surface area contributed by atoms with E-state index >= 15 is 0 Å². The summed E-state index contributed by atoms with van der Waals surface area (Å²) >= 11 is 0. The number of carbonyl (C=O) groups is 2. The number of amides is 2. The number of hydrogen-bond acceptors (Lipinski definition) is 2. The molecule has 1 N–H and O–H groups in total. The van der Waals surface area contributed by atoms with Gasteiger partial charge in [-0.2, -0.15) is 0 Å². The maximum absolute atomic E-state index is 12.4. The number of carboxylic acid groups (broad SMARTS) is 1. The van der Waals surface area contributed by atoms with Crippen LogP contribution in [0.3, 0.4) is 0 Å². The Hall–Kier alpha value is -1.26. The fourth-order valence-corrected chi connectivity index (χ4v) is 2.59. The van der Waals surface area contributed by atoms with Crippen LogP contribution in [0.1, 0.15) is 46.5 Å². The standard InChI is InChI=1S/C14H26N2O3/c1-14(2,3)16(10-12(17)18)13(19)15(4)9-11-7-5-6-8-11/h11H,5-10H2,1-4H3,(H,17,18). The van der Waals surface area contributed by atoms with Crippen LogP contribution in [0.15, 0.2) is 0 Å². The Morgan fingerprint density at radius 1 is 1.21 bits per heavy atom. The summed E-state index contributed by atoms with van der Waals surface area (Å²) in [7, 11) is 1.77. The Bertz CT molecular complexity index is 330. The zero-order valence-electron chi connectivity index (χ0n) is 12.5. The zero-order valence-corrected chi connectivity index (χ0v) is 12.5. The molecule has 0 bridgehead atoms. The zero-order chi connectivity index (χ0) is 14.6. The van der Waals surface area contributed by atoms with E-state index in [1.54, 1.807) is 11.9 Å². The van der Waals surface area contributed by atoms with Crippen molar-refractivity contribution in [1.82, 2.24) is 9.80 Å². The molecule has 1 aliphatic rings. The molecule has 1 saturated carbocycles. The van der Waals surface area contributed by atoms with Crippen LogP contribution in [-0.2, 0) is 4.79 Å². The van der Waals surface area contributed by atoms with Crippen molar-refractivity contribution in [3.63, 3.8) is 0 Å². The fraction of sp³-hybridized carbons (Fsp3) is 0.857. The van der Waals surface area contributed by atoms with Crippen molar-refractivity contribution in [2.24, 2.45) is 5.92 Å². The minimum atomic E-state index is -0.974. The summed E-state index contributed by atoms with van der Waals surface area (Å²) in [6.45, 7) is 6.05. The normalized spacial score (nSPS) is 16.4. The molecule has 0 aliphatic heterocycles. The van der Waals surface area contributed by atoms with E-state index in [0.29, 0.717) is 5.92 Å². The lowest BCUT2D eigenvalue weighted by Gasteiger charge is -2.37. The van der Waals surface area contributed by atoms with E-state index in [1.807, 2.05) is 20.8 Å². The van der Waals surface area contributed by atoms with E-state index in [2.05, 4.69) is 0 Å². The van der Waals surface area contributed by atoms with E-state index < -0.39 is 11.5 Å². The van der Waals surface area contributed by atoms with Gasteiger partial charge in [-0.1, -0.05) is 12.8 Å². The molecule has 0 aromatic rings. The van der Waals surface area contributed by atoms with Crippen LogP contribution in [0.2, 0.25) is 0 Å². The SMILES string of the molecule is CN(CC1CCCC1)C(=O)N(CC(=O)O)C(C)(C)C. The van der Waals surface area contributed by atoms with Gasteiger partial charge >= 0.3 is 12.0 Å². The smallest absolute Gasteiger partial charge is 0.323 e. The van der Waals surface area contributed by atoms with Crippen molar-refractivity contribution < 1.29 is 14.7 Å². The van der Waals surface area contributed by atoms with E-state index in [1.165, 1.54) is 30.6 Å². The predicted molar refractivity (Wildman–Crippen MR) is 74.1 cm³/mol. The van der Waals surface area contributed by atoms with Crippen molar-refractivity contribution in [2.45, 2.75) is 52.0 Å². The van der Waals surface area contributed by atoms with Crippen LogP contribution in [0.4, 0.5) is 4.79 Å². The molecule has 0 radical (unpaired) electrons. The lowest BCUT2D eigenvalue weighted by molar-refractivity contribution is -0.138. The van der Waals surface area contributed by atoms with Gasteiger partial charge in [0, 0.05) is 19.1 Å². The van der Waals surface area contributed by atoms with Gasteiger partial charge in [-0.25, -0.2) is 4.79 Å². The topological polar surface area (TPSA) is 60.9 Å². The third-order valence-corrected chi connectivity index (χ3v) is 3.67. The molecule has 110 valence electrons. The van der Waals surface area contributed by atoms with Crippen molar-refractivity contribution in [3.8, 4) is 0 Å². The molecule has 0 spiro atoms. The lowest BCUT2D eigenvalue weighted by atomic mass is 10.1. The van der Waals surface area contributed by atoms with Gasteiger partial charge in [-0.15, -0.1) is 0 Å². The quantitative estimate of drug-likeness (QED) is 0.853. The monoisotopic (exact) mass is 270 g/mol. The Morgan fingerprint density at radius 3 is 2.16 bits per heavy atom. The van der Waals surface area contributed by atoms with Gasteiger partial charge in [0.25, 0.3) is 0 Å². The molecule has 0 saturated heterocycles. The molecule has 5 nitrogen and oxygen atoms in total. The molecule has 0 heterocycles. The molecule has 0 aromatic heterocycles. The van der Waals surface area contributed by atoms with Crippen molar-refractivity contribution in [2.75, 3.05) is 20.1 Å². The molecule has 2 amide bonds. The summed E-state index contributed by atoms with van der Waals surface area (Å²) in [5, 5.41) is 8.95. The highest BCUT2D eigenvalue weighted by Crippen LogP contribution is 2.26. The first-order valence-corrected chi connectivity index (χ1v) is 6.96. The molecule has 1 aliphatic carbocycles. The van der Waals surface area contributed by atoms with Gasteiger partial charge in [-0.3, -0.25) is 4.79 Å². The highest BCUT2D eigenvalue weighted by atomic mass is 16.4. The molecule has 0 aromatic carbocycles. The van der Waals surface area contributed by atoms with Crippen molar-refractivity contribution in [1.29, 1.82) is 0 Å². The maximum Gasteiger partial charge on any atom is 0.323 e. The van der Waals surface area contributed by atoms with Gasteiger partial charge in [-0.05, 0) is 39.5 Å². The van der Waals surface area contributed by atoms with Gasteiger partial charge < -0.3 is 14.9 Å². The first-order valence-electron chi connectivity index (χ1n) is 6.96. The number of rotatable bonds is 4. The number of nitrogens with zero attached hydrogens (tertiary/aromatic N) is 2. The van der Waals surface area contributed by atoms with Gasteiger partial charge in [0.2, 0.25) is 0 Å². The number of carbonyl (C=O) groups excluding carboxylic acids is 1. The summed E-state index contributed by atoms with van der Waals surface area (Å²) in [4.78, 5) is 26.4. The number of aliphatic carboxylic acids is 1. The second-order valence-electron chi connectivity index (χ2n) is 6.46. The molecule has 0 unspecified atom stereocenters. The minimum Gasteiger partial charge on any atom is -0.480 e. The number of carboxylic acids is 1. The van der Waals surface area contributed by atoms with E-state index in [4.69, 9.17) is 5.11 Å². The second kappa shape index (κ2) is 6.26. The molecular formula is C14H26N2O3. The van der Waals surface area contributed by atoms with Crippen LogP contribution in [0, 0.1) is 5.92 Å². The van der Waals surface area contributed by atoms with E-state index in [-0.39, 0.29) is 12.6 Å². The van der Waals surface area contributed by atoms with Gasteiger partial charge in [0.05, 0.1) is 0 Å². The predicted octanol–water partition coefficient (Wildman–Crippen LogP) is 2.41. The third-order valence-electron chi connectivity index (χ3n) is 3.67. The highest BCUT2D eigenvalue weighted by molar-refractivity contribution is 5.80. The van der Waals surface area contributed by atoms with Crippen LogP contribution in [0.5, 0.6) is 0 Å².